The van der Waals surface area contributed by atoms with Gasteiger partial charge in [0.1, 0.15) is 10.7 Å². The summed E-state index contributed by atoms with van der Waals surface area (Å²) in [6, 6.07) is 12.0. The van der Waals surface area contributed by atoms with Crippen molar-refractivity contribution < 1.29 is 12.8 Å². The molecule has 0 saturated carbocycles. The quantitative estimate of drug-likeness (QED) is 0.655. The van der Waals surface area contributed by atoms with E-state index in [0.29, 0.717) is 30.0 Å². The molecule has 1 aliphatic heterocycles. The molecule has 0 spiro atoms. The lowest BCUT2D eigenvalue weighted by Gasteiger charge is -2.31. The fourth-order valence-corrected chi connectivity index (χ4v) is 5.59. The molecule has 0 amide bonds. The summed E-state index contributed by atoms with van der Waals surface area (Å²) in [7, 11) is -1.91. The van der Waals surface area contributed by atoms with Crippen molar-refractivity contribution in [2.45, 2.75) is 30.6 Å². The molecule has 3 aromatic rings. The van der Waals surface area contributed by atoms with E-state index in [4.69, 9.17) is 0 Å². The van der Waals surface area contributed by atoms with Gasteiger partial charge in [0.15, 0.2) is 0 Å². The van der Waals surface area contributed by atoms with Crippen molar-refractivity contribution in [3.63, 3.8) is 0 Å². The molecule has 0 bridgehead atoms. The number of aryl methyl sites for hydroxylation is 2. The summed E-state index contributed by atoms with van der Waals surface area (Å²) < 4.78 is 43.5. The normalized spacial score (nSPS) is 18.1. The second-order valence-electron chi connectivity index (χ2n) is 7.38. The van der Waals surface area contributed by atoms with Crippen molar-refractivity contribution in [1.82, 2.24) is 19.1 Å². The zero-order chi connectivity index (χ0) is 20.6. The highest BCUT2D eigenvalue weighted by Gasteiger charge is 2.33. The molecule has 6 nitrogen and oxygen atoms in total. The van der Waals surface area contributed by atoms with Crippen LogP contribution in [-0.2, 0) is 17.1 Å². The molecule has 4 rings (SSSR count). The SMILES string of the molecule is Cc1nn(C)cc1S(=O)(=O)N1CCC[C@H](c2cccc(-c3ccccc3F)n2)C1. The summed E-state index contributed by atoms with van der Waals surface area (Å²) in [5.41, 5.74) is 2.28. The monoisotopic (exact) mass is 414 g/mol. The Labute approximate surface area is 170 Å². The van der Waals surface area contributed by atoms with Crippen LogP contribution in [0.15, 0.2) is 53.6 Å². The molecular formula is C21H23FN4O2S. The minimum atomic E-state index is -3.62. The molecule has 152 valence electrons. The van der Waals surface area contributed by atoms with Gasteiger partial charge in [0.05, 0.1) is 11.4 Å². The summed E-state index contributed by atoms with van der Waals surface area (Å²) in [4.78, 5) is 4.90. The van der Waals surface area contributed by atoms with Crippen molar-refractivity contribution >= 4 is 10.0 Å². The number of piperidine rings is 1. The van der Waals surface area contributed by atoms with Gasteiger partial charge in [-0.05, 0) is 44.0 Å². The highest BCUT2D eigenvalue weighted by atomic mass is 32.2. The van der Waals surface area contributed by atoms with E-state index in [-0.39, 0.29) is 16.6 Å². The van der Waals surface area contributed by atoms with Gasteiger partial charge >= 0.3 is 0 Å². The van der Waals surface area contributed by atoms with Crippen LogP contribution in [-0.4, -0.2) is 40.6 Å². The van der Waals surface area contributed by atoms with E-state index in [1.54, 1.807) is 44.4 Å². The van der Waals surface area contributed by atoms with Crippen LogP contribution >= 0.6 is 0 Å². The highest BCUT2D eigenvalue weighted by molar-refractivity contribution is 7.89. The Balaban J connectivity index is 1.62. The second kappa shape index (κ2) is 7.68. The number of hydrogen-bond donors (Lipinski definition) is 0. The molecule has 29 heavy (non-hydrogen) atoms. The van der Waals surface area contributed by atoms with E-state index in [2.05, 4.69) is 10.1 Å². The van der Waals surface area contributed by atoms with Gasteiger partial charge in [-0.2, -0.15) is 9.40 Å². The van der Waals surface area contributed by atoms with E-state index >= 15 is 0 Å². The van der Waals surface area contributed by atoms with Crippen LogP contribution in [0.1, 0.15) is 30.1 Å². The van der Waals surface area contributed by atoms with Crippen molar-refractivity contribution in [3.8, 4) is 11.3 Å². The fraction of sp³-hybridized carbons (Fsp3) is 0.333. The Morgan fingerprint density at radius 1 is 1.14 bits per heavy atom. The lowest BCUT2D eigenvalue weighted by atomic mass is 9.95. The van der Waals surface area contributed by atoms with Gasteiger partial charge in [-0.1, -0.05) is 18.2 Å². The van der Waals surface area contributed by atoms with E-state index in [9.17, 15) is 12.8 Å². The summed E-state index contributed by atoms with van der Waals surface area (Å²) in [6.45, 7) is 2.53. The number of halogens is 1. The topological polar surface area (TPSA) is 68.1 Å². The van der Waals surface area contributed by atoms with Gasteiger partial charge in [-0.15, -0.1) is 0 Å². The Bertz CT molecular complexity index is 1140. The van der Waals surface area contributed by atoms with Gasteiger partial charge < -0.3 is 0 Å². The van der Waals surface area contributed by atoms with Gasteiger partial charge in [0.25, 0.3) is 0 Å². The average molecular weight is 415 g/mol. The zero-order valence-electron chi connectivity index (χ0n) is 16.4. The maximum atomic E-state index is 14.2. The fourth-order valence-electron chi connectivity index (χ4n) is 3.87. The number of aromatic nitrogens is 3. The predicted octanol–water partition coefficient (Wildman–Crippen LogP) is 3.50. The second-order valence-corrected chi connectivity index (χ2v) is 9.29. The molecule has 2 aromatic heterocycles. The Kier molecular flexibility index (Phi) is 5.23. The van der Waals surface area contributed by atoms with Crippen molar-refractivity contribution in [1.29, 1.82) is 0 Å². The minimum Gasteiger partial charge on any atom is -0.274 e. The lowest BCUT2D eigenvalue weighted by Crippen LogP contribution is -2.39. The molecular weight excluding hydrogens is 391 g/mol. The summed E-state index contributed by atoms with van der Waals surface area (Å²) >= 11 is 0. The van der Waals surface area contributed by atoms with E-state index < -0.39 is 10.0 Å². The average Bonchev–Trinajstić information content (AvgIpc) is 3.07. The number of benzene rings is 1. The first-order chi connectivity index (χ1) is 13.9. The molecule has 8 heteroatoms. The third-order valence-electron chi connectivity index (χ3n) is 5.31. The standard InChI is InChI=1S/C21H23FN4O2S/c1-15-21(14-25(2)24-15)29(27,28)26-12-6-7-16(13-26)19-10-5-11-20(23-19)17-8-3-4-9-18(17)22/h3-5,8-11,14,16H,6-7,12-13H2,1-2H3/t16-/m0/s1. The third kappa shape index (κ3) is 3.82. The first-order valence-corrected chi connectivity index (χ1v) is 11.0. The molecule has 1 aliphatic rings. The number of rotatable bonds is 4. The Morgan fingerprint density at radius 3 is 2.66 bits per heavy atom. The van der Waals surface area contributed by atoms with Crippen LogP contribution in [0, 0.1) is 12.7 Å². The number of nitrogens with zero attached hydrogens (tertiary/aromatic N) is 4. The molecule has 3 heterocycles. The van der Waals surface area contributed by atoms with E-state index in [1.165, 1.54) is 15.1 Å². The van der Waals surface area contributed by atoms with Gasteiger partial charge in [-0.3, -0.25) is 9.67 Å². The highest BCUT2D eigenvalue weighted by Crippen LogP contribution is 2.31. The van der Waals surface area contributed by atoms with Gasteiger partial charge in [0.2, 0.25) is 10.0 Å². The van der Waals surface area contributed by atoms with Crippen LogP contribution in [0.2, 0.25) is 0 Å². The van der Waals surface area contributed by atoms with Gasteiger partial charge in [-0.25, -0.2) is 12.8 Å². The molecule has 0 aliphatic carbocycles. The van der Waals surface area contributed by atoms with Crippen LogP contribution in [0.3, 0.4) is 0 Å². The van der Waals surface area contributed by atoms with Crippen LogP contribution < -0.4 is 0 Å². The summed E-state index contributed by atoms with van der Waals surface area (Å²) in [5, 5.41) is 4.17. The maximum absolute atomic E-state index is 14.2. The first-order valence-electron chi connectivity index (χ1n) is 9.58. The van der Waals surface area contributed by atoms with Gasteiger partial charge in [0, 0.05) is 43.5 Å². The number of hydrogen-bond acceptors (Lipinski definition) is 4. The molecule has 0 radical (unpaired) electrons. The minimum absolute atomic E-state index is 0.0396. The zero-order valence-corrected chi connectivity index (χ0v) is 17.2. The third-order valence-corrected chi connectivity index (χ3v) is 7.28. The van der Waals surface area contributed by atoms with Crippen molar-refractivity contribution in [2.24, 2.45) is 7.05 Å². The molecule has 0 unspecified atom stereocenters. The molecule has 1 fully saturated rings. The largest absolute Gasteiger partial charge is 0.274 e. The van der Waals surface area contributed by atoms with E-state index in [0.717, 1.165) is 18.5 Å². The van der Waals surface area contributed by atoms with Crippen LogP contribution in [0.5, 0.6) is 0 Å². The van der Waals surface area contributed by atoms with Crippen molar-refractivity contribution in [2.75, 3.05) is 13.1 Å². The van der Waals surface area contributed by atoms with Crippen LogP contribution in [0.4, 0.5) is 4.39 Å². The summed E-state index contributed by atoms with van der Waals surface area (Å²) in [6.07, 6.45) is 3.13. The lowest BCUT2D eigenvalue weighted by molar-refractivity contribution is 0.312. The molecule has 0 N–H and O–H groups in total. The number of sulfonamides is 1. The number of pyridine rings is 1. The van der Waals surface area contributed by atoms with Crippen molar-refractivity contribution in [3.05, 3.63) is 65.9 Å². The predicted molar refractivity (Wildman–Crippen MR) is 108 cm³/mol. The summed E-state index contributed by atoms with van der Waals surface area (Å²) in [5.74, 6) is -0.362. The Hall–Kier alpha value is -2.58. The first kappa shape index (κ1) is 19.7. The Morgan fingerprint density at radius 2 is 1.93 bits per heavy atom. The molecule has 1 atom stereocenters. The van der Waals surface area contributed by atoms with E-state index in [1.807, 2.05) is 12.1 Å². The molecule has 1 aromatic carbocycles. The van der Waals surface area contributed by atoms with Crippen LogP contribution in [0.25, 0.3) is 11.3 Å². The maximum Gasteiger partial charge on any atom is 0.246 e. The smallest absolute Gasteiger partial charge is 0.246 e. The molecule has 1 saturated heterocycles.